The first kappa shape index (κ1) is 19.0. The van der Waals surface area contributed by atoms with Crippen LogP contribution in [-0.4, -0.2) is 39.2 Å². The van der Waals surface area contributed by atoms with Crippen molar-refractivity contribution in [3.05, 3.63) is 23.8 Å². The predicted octanol–water partition coefficient (Wildman–Crippen LogP) is 1.92. The summed E-state index contributed by atoms with van der Waals surface area (Å²) < 4.78 is 22.4. The minimum Gasteiger partial charge on any atom is -0.497 e. The van der Waals surface area contributed by atoms with Gasteiger partial charge in [0.25, 0.3) is 5.91 Å². The van der Waals surface area contributed by atoms with Gasteiger partial charge in [-0.15, -0.1) is 0 Å². The molecular formula is C19H22N4O4. The van der Waals surface area contributed by atoms with Crippen molar-refractivity contribution in [1.82, 2.24) is 0 Å². The fraction of sp³-hybridized carbons (Fsp3) is 0.526. The number of amidine groups is 1. The standard InChI is InChI=1S/C19H22N4O4/c1-5-26-19(27-6-2)18(11-21)15(17(18,10-20)16(22)23-19)13-9-12(24-3)7-8-14(13)25-4/h7-9,15H,5-6H2,1-4H3,(H2,22,23)/t15-,17+,18+/m0/s1. The molecule has 142 valence electrons. The van der Waals surface area contributed by atoms with Crippen LogP contribution in [0.2, 0.25) is 0 Å². The molecule has 8 nitrogen and oxygen atoms in total. The highest BCUT2D eigenvalue weighted by Crippen LogP contribution is 2.82. The van der Waals surface area contributed by atoms with Gasteiger partial charge in [-0.25, -0.2) is 4.99 Å². The lowest BCUT2D eigenvalue weighted by atomic mass is 9.93. The van der Waals surface area contributed by atoms with Gasteiger partial charge >= 0.3 is 0 Å². The summed E-state index contributed by atoms with van der Waals surface area (Å²) in [6, 6.07) is 9.72. The highest BCUT2D eigenvalue weighted by atomic mass is 16.7. The van der Waals surface area contributed by atoms with Crippen molar-refractivity contribution in [2.75, 3.05) is 27.4 Å². The molecule has 3 atom stereocenters. The van der Waals surface area contributed by atoms with E-state index in [4.69, 9.17) is 24.7 Å². The first-order valence-electron chi connectivity index (χ1n) is 8.66. The number of rotatable bonds is 7. The lowest BCUT2D eigenvalue weighted by Crippen LogP contribution is -2.43. The minimum atomic E-state index is -1.65. The van der Waals surface area contributed by atoms with Crippen molar-refractivity contribution in [3.63, 3.8) is 0 Å². The molecule has 27 heavy (non-hydrogen) atoms. The molecule has 0 aromatic heterocycles. The van der Waals surface area contributed by atoms with E-state index in [9.17, 15) is 10.5 Å². The van der Waals surface area contributed by atoms with E-state index in [0.717, 1.165) is 0 Å². The maximum Gasteiger partial charge on any atom is 0.293 e. The molecule has 0 unspecified atom stereocenters. The Morgan fingerprint density at radius 2 is 1.78 bits per heavy atom. The van der Waals surface area contributed by atoms with Crippen molar-refractivity contribution >= 4 is 5.84 Å². The van der Waals surface area contributed by atoms with E-state index >= 15 is 0 Å². The number of nitrogens with two attached hydrogens (primary N) is 1. The first-order valence-corrected chi connectivity index (χ1v) is 8.66. The Labute approximate surface area is 158 Å². The summed E-state index contributed by atoms with van der Waals surface area (Å²) in [5.41, 5.74) is 4.03. The Morgan fingerprint density at radius 3 is 2.26 bits per heavy atom. The Balaban J connectivity index is 2.27. The summed E-state index contributed by atoms with van der Waals surface area (Å²) in [6.07, 6.45) is 0. The van der Waals surface area contributed by atoms with E-state index in [1.165, 1.54) is 7.11 Å². The molecule has 0 saturated heterocycles. The van der Waals surface area contributed by atoms with Gasteiger partial charge in [-0.2, -0.15) is 10.5 Å². The van der Waals surface area contributed by atoms with Crippen LogP contribution in [0.25, 0.3) is 0 Å². The number of nitrogens with zero attached hydrogens (tertiary/aromatic N) is 3. The molecule has 2 N–H and O–H groups in total. The maximum atomic E-state index is 10.2. The summed E-state index contributed by atoms with van der Waals surface area (Å²) in [6.45, 7) is 4.02. The van der Waals surface area contributed by atoms with Crippen molar-refractivity contribution in [2.24, 2.45) is 21.6 Å². The Bertz CT molecular complexity index is 865. The lowest BCUT2D eigenvalue weighted by molar-refractivity contribution is -0.255. The van der Waals surface area contributed by atoms with Gasteiger partial charge in [-0.1, -0.05) is 0 Å². The third-order valence-corrected chi connectivity index (χ3v) is 5.36. The monoisotopic (exact) mass is 370 g/mol. The van der Waals surface area contributed by atoms with E-state index in [1.807, 2.05) is 0 Å². The highest BCUT2D eigenvalue weighted by Gasteiger charge is 2.94. The van der Waals surface area contributed by atoms with Crippen molar-refractivity contribution in [2.45, 2.75) is 25.7 Å². The van der Waals surface area contributed by atoms with Crippen LogP contribution in [0.5, 0.6) is 11.5 Å². The van der Waals surface area contributed by atoms with Gasteiger partial charge in [0.1, 0.15) is 22.7 Å². The Morgan fingerprint density at radius 1 is 1.11 bits per heavy atom. The quantitative estimate of drug-likeness (QED) is 0.727. The van der Waals surface area contributed by atoms with E-state index in [0.29, 0.717) is 17.1 Å². The van der Waals surface area contributed by atoms with Crippen LogP contribution >= 0.6 is 0 Å². The third kappa shape index (κ3) is 2.05. The van der Waals surface area contributed by atoms with Crippen LogP contribution < -0.4 is 15.2 Å². The van der Waals surface area contributed by atoms with Crippen LogP contribution in [0.1, 0.15) is 25.3 Å². The second-order valence-electron chi connectivity index (χ2n) is 6.33. The average Bonchev–Trinajstić information content (AvgIpc) is 3.26. The van der Waals surface area contributed by atoms with E-state index < -0.39 is 22.7 Å². The molecule has 3 rings (SSSR count). The van der Waals surface area contributed by atoms with Crippen LogP contribution in [-0.2, 0) is 9.47 Å². The number of aliphatic imine (C=N–C) groups is 1. The summed E-state index contributed by atoms with van der Waals surface area (Å²) >= 11 is 0. The van der Waals surface area contributed by atoms with Gasteiger partial charge in [-0.3, -0.25) is 0 Å². The van der Waals surface area contributed by atoms with Gasteiger partial charge in [0.15, 0.2) is 5.41 Å². The smallest absolute Gasteiger partial charge is 0.293 e. The van der Waals surface area contributed by atoms with Crippen LogP contribution in [0.4, 0.5) is 0 Å². The zero-order valence-corrected chi connectivity index (χ0v) is 15.8. The molecule has 0 radical (unpaired) electrons. The molecule has 1 saturated carbocycles. The fourth-order valence-corrected chi connectivity index (χ4v) is 4.28. The molecule has 2 aliphatic rings. The Kier molecular flexibility index (Phi) is 4.51. The van der Waals surface area contributed by atoms with E-state index in [-0.39, 0.29) is 19.0 Å². The molecule has 8 heteroatoms. The zero-order valence-electron chi connectivity index (χ0n) is 15.8. The molecule has 1 aromatic rings. The zero-order chi connectivity index (χ0) is 19.9. The predicted molar refractivity (Wildman–Crippen MR) is 96.0 cm³/mol. The minimum absolute atomic E-state index is 0.0309. The van der Waals surface area contributed by atoms with E-state index in [1.54, 1.807) is 39.2 Å². The SMILES string of the molecule is CCOC1(OCC)N=C(N)[C@@]2(C#N)[C@H](c3cc(OC)ccc3OC)[C@@]12C#N. The van der Waals surface area contributed by atoms with Crippen molar-refractivity contribution < 1.29 is 18.9 Å². The van der Waals surface area contributed by atoms with Gasteiger partial charge < -0.3 is 24.7 Å². The summed E-state index contributed by atoms with van der Waals surface area (Å²) in [4.78, 5) is 4.32. The first-order chi connectivity index (χ1) is 13.0. The second kappa shape index (κ2) is 6.41. The highest BCUT2D eigenvalue weighted by molar-refractivity contribution is 6.00. The summed E-state index contributed by atoms with van der Waals surface area (Å²) in [5, 5.41) is 20.3. The molecule has 1 fully saturated rings. The number of nitriles is 2. The van der Waals surface area contributed by atoms with Crippen LogP contribution in [0, 0.1) is 33.5 Å². The molecular weight excluding hydrogens is 348 g/mol. The largest absolute Gasteiger partial charge is 0.497 e. The maximum absolute atomic E-state index is 10.2. The van der Waals surface area contributed by atoms with Gasteiger partial charge in [0.2, 0.25) is 0 Å². The molecule has 1 heterocycles. The number of benzene rings is 1. The number of ether oxygens (including phenoxy) is 4. The number of fused-ring (bicyclic) bond motifs is 1. The summed E-state index contributed by atoms with van der Waals surface area (Å²) in [5.74, 6) is -1.16. The van der Waals surface area contributed by atoms with E-state index in [2.05, 4.69) is 17.1 Å². The van der Waals surface area contributed by atoms with Crippen LogP contribution in [0.15, 0.2) is 23.2 Å². The second-order valence-corrected chi connectivity index (χ2v) is 6.33. The van der Waals surface area contributed by atoms with Crippen molar-refractivity contribution in [1.29, 1.82) is 10.5 Å². The molecule has 1 aliphatic carbocycles. The van der Waals surface area contributed by atoms with Gasteiger partial charge in [-0.05, 0) is 32.0 Å². The molecule has 1 aromatic carbocycles. The third-order valence-electron chi connectivity index (χ3n) is 5.36. The van der Waals surface area contributed by atoms with Crippen molar-refractivity contribution in [3.8, 4) is 23.6 Å². The number of hydrogen-bond donors (Lipinski definition) is 1. The number of methoxy groups -OCH3 is 2. The van der Waals surface area contributed by atoms with Gasteiger partial charge in [0.05, 0.1) is 26.4 Å². The van der Waals surface area contributed by atoms with Crippen LogP contribution in [0.3, 0.4) is 0 Å². The Hall–Kier alpha value is -2.81. The molecule has 0 spiro atoms. The average molecular weight is 370 g/mol. The van der Waals surface area contributed by atoms with Gasteiger partial charge in [0, 0.05) is 24.7 Å². The fourth-order valence-electron chi connectivity index (χ4n) is 4.28. The normalized spacial score (nSPS) is 29.9. The molecule has 1 aliphatic heterocycles. The summed E-state index contributed by atoms with van der Waals surface area (Å²) in [7, 11) is 3.07. The number of hydrogen-bond acceptors (Lipinski definition) is 8. The molecule has 0 amide bonds. The molecule has 0 bridgehead atoms. The topological polar surface area (TPSA) is 123 Å². The lowest BCUT2D eigenvalue weighted by Gasteiger charge is -2.31.